The Hall–Kier alpha value is -2.30. The molecule has 0 aliphatic heterocycles. The molecule has 1 aromatic heterocycles. The van der Waals surface area contributed by atoms with Crippen LogP contribution in [0.1, 0.15) is 0 Å². The van der Waals surface area contributed by atoms with Gasteiger partial charge in [0.15, 0.2) is 0 Å². The first kappa shape index (κ1) is 9.26. The zero-order valence-electron chi connectivity index (χ0n) is 7.90. The first-order chi connectivity index (χ1) is 7.16. The maximum Gasteiger partial charge on any atom is 0.287 e. The number of nitrogens with zero attached hydrogens (tertiary/aromatic N) is 1. The minimum atomic E-state index is -0.380. The van der Waals surface area contributed by atoms with Crippen LogP contribution in [0, 0.1) is 0 Å². The van der Waals surface area contributed by atoms with Crippen LogP contribution in [0.5, 0.6) is 0 Å². The van der Waals surface area contributed by atoms with Crippen LogP contribution in [0.25, 0.3) is 11.3 Å². The lowest BCUT2D eigenvalue weighted by molar-refractivity contribution is 1.000. The van der Waals surface area contributed by atoms with Gasteiger partial charge in [0, 0.05) is 11.3 Å². The standard InChI is InChI=1S/C10H10N4O/c11-7-3-1-6(2-4-7)9-5-8(12)10(15)14-13-9/h1-5H,11H2,(H2,12,13)(H,14,15). The lowest BCUT2D eigenvalue weighted by atomic mass is 10.1. The van der Waals surface area contributed by atoms with Crippen molar-refractivity contribution in [1.82, 2.24) is 10.2 Å². The third-order valence-corrected chi connectivity index (χ3v) is 2.04. The number of aromatic amines is 1. The number of nitrogens with two attached hydrogens (primary N) is 2. The van der Waals surface area contributed by atoms with Crippen LogP contribution >= 0.6 is 0 Å². The fourth-order valence-corrected chi connectivity index (χ4v) is 1.22. The van der Waals surface area contributed by atoms with Gasteiger partial charge in [-0.15, -0.1) is 0 Å². The maximum atomic E-state index is 11.0. The Morgan fingerprint density at radius 2 is 1.80 bits per heavy atom. The van der Waals surface area contributed by atoms with Crippen LogP contribution in [0.2, 0.25) is 0 Å². The predicted molar refractivity (Wildman–Crippen MR) is 59.1 cm³/mol. The molecule has 5 N–H and O–H groups in total. The van der Waals surface area contributed by atoms with Gasteiger partial charge < -0.3 is 11.5 Å². The molecule has 0 unspecified atom stereocenters. The fraction of sp³-hybridized carbons (Fsp3) is 0. The largest absolute Gasteiger partial charge is 0.399 e. The number of hydrogen-bond acceptors (Lipinski definition) is 4. The molecule has 15 heavy (non-hydrogen) atoms. The molecule has 1 heterocycles. The van der Waals surface area contributed by atoms with Crippen molar-refractivity contribution in [2.75, 3.05) is 11.5 Å². The van der Waals surface area contributed by atoms with Gasteiger partial charge in [-0.25, -0.2) is 5.10 Å². The molecule has 2 rings (SSSR count). The minimum absolute atomic E-state index is 0.150. The molecule has 76 valence electrons. The highest BCUT2D eigenvalue weighted by atomic mass is 16.1. The van der Waals surface area contributed by atoms with Crippen molar-refractivity contribution >= 4 is 11.4 Å². The Morgan fingerprint density at radius 1 is 1.13 bits per heavy atom. The predicted octanol–water partition coefficient (Wildman–Crippen LogP) is 0.601. The lowest BCUT2D eigenvalue weighted by Crippen LogP contribution is -2.13. The van der Waals surface area contributed by atoms with Crippen molar-refractivity contribution in [1.29, 1.82) is 0 Å². The van der Waals surface area contributed by atoms with Crippen molar-refractivity contribution in [3.63, 3.8) is 0 Å². The number of aromatic nitrogens is 2. The summed E-state index contributed by atoms with van der Waals surface area (Å²) in [7, 11) is 0. The smallest absolute Gasteiger partial charge is 0.287 e. The van der Waals surface area contributed by atoms with Crippen LogP contribution in [0.15, 0.2) is 35.1 Å². The number of nitrogens with one attached hydrogen (secondary N) is 1. The summed E-state index contributed by atoms with van der Waals surface area (Å²) in [5.41, 5.74) is 13.0. The monoisotopic (exact) mass is 202 g/mol. The molecule has 0 fully saturated rings. The van der Waals surface area contributed by atoms with Crippen molar-refractivity contribution in [2.24, 2.45) is 0 Å². The van der Waals surface area contributed by atoms with Crippen molar-refractivity contribution in [3.05, 3.63) is 40.7 Å². The maximum absolute atomic E-state index is 11.0. The zero-order valence-corrected chi connectivity index (χ0v) is 7.90. The van der Waals surface area contributed by atoms with Gasteiger partial charge >= 0.3 is 0 Å². The van der Waals surface area contributed by atoms with E-state index in [9.17, 15) is 4.79 Å². The van der Waals surface area contributed by atoms with E-state index < -0.39 is 0 Å². The number of anilines is 2. The average Bonchev–Trinajstić information content (AvgIpc) is 2.23. The first-order valence-electron chi connectivity index (χ1n) is 4.38. The summed E-state index contributed by atoms with van der Waals surface area (Å²) in [6, 6.07) is 8.69. The summed E-state index contributed by atoms with van der Waals surface area (Å²) in [4.78, 5) is 11.0. The number of rotatable bonds is 1. The zero-order chi connectivity index (χ0) is 10.8. The van der Waals surface area contributed by atoms with E-state index in [2.05, 4.69) is 10.2 Å². The highest BCUT2D eigenvalue weighted by molar-refractivity contribution is 5.64. The highest BCUT2D eigenvalue weighted by Crippen LogP contribution is 2.17. The van der Waals surface area contributed by atoms with Crippen molar-refractivity contribution in [2.45, 2.75) is 0 Å². The SMILES string of the molecule is Nc1ccc(-c2cc(N)c(=O)[nH]n2)cc1. The first-order valence-corrected chi connectivity index (χ1v) is 4.38. The van der Waals surface area contributed by atoms with Crippen LogP contribution < -0.4 is 17.0 Å². The molecule has 0 radical (unpaired) electrons. The van der Waals surface area contributed by atoms with E-state index in [-0.39, 0.29) is 11.2 Å². The number of benzene rings is 1. The van der Waals surface area contributed by atoms with Crippen LogP contribution in [-0.2, 0) is 0 Å². The van der Waals surface area contributed by atoms with E-state index in [0.717, 1.165) is 5.56 Å². The second-order valence-corrected chi connectivity index (χ2v) is 3.16. The summed E-state index contributed by atoms with van der Waals surface area (Å²) < 4.78 is 0. The van der Waals surface area contributed by atoms with Gasteiger partial charge in [0.25, 0.3) is 5.56 Å². The Balaban J connectivity index is 2.50. The second-order valence-electron chi connectivity index (χ2n) is 3.16. The molecule has 2 aromatic rings. The minimum Gasteiger partial charge on any atom is -0.399 e. The molecule has 0 spiro atoms. The van der Waals surface area contributed by atoms with Crippen LogP contribution in [-0.4, -0.2) is 10.2 Å². The van der Waals surface area contributed by atoms with E-state index in [1.54, 1.807) is 12.1 Å². The van der Waals surface area contributed by atoms with Gasteiger partial charge in [-0.05, 0) is 18.2 Å². The summed E-state index contributed by atoms with van der Waals surface area (Å²) in [6.45, 7) is 0. The van der Waals surface area contributed by atoms with Gasteiger partial charge in [0.05, 0.1) is 5.69 Å². The van der Waals surface area contributed by atoms with Gasteiger partial charge in [-0.3, -0.25) is 4.79 Å². The third-order valence-electron chi connectivity index (χ3n) is 2.04. The summed E-state index contributed by atoms with van der Waals surface area (Å²) in [5, 5.41) is 6.20. The third kappa shape index (κ3) is 1.80. The lowest BCUT2D eigenvalue weighted by Gasteiger charge is -2.01. The average molecular weight is 202 g/mol. The van der Waals surface area contributed by atoms with Crippen molar-refractivity contribution in [3.8, 4) is 11.3 Å². The van der Waals surface area contributed by atoms with Gasteiger partial charge in [0.1, 0.15) is 5.69 Å². The molecule has 1 aromatic carbocycles. The number of hydrogen-bond donors (Lipinski definition) is 3. The van der Waals surface area contributed by atoms with E-state index in [1.165, 1.54) is 6.07 Å². The Morgan fingerprint density at radius 3 is 2.40 bits per heavy atom. The molecule has 0 aliphatic rings. The second kappa shape index (κ2) is 3.45. The van der Waals surface area contributed by atoms with E-state index >= 15 is 0 Å². The molecular formula is C10H10N4O. The molecule has 0 saturated carbocycles. The molecule has 0 amide bonds. The topological polar surface area (TPSA) is 97.8 Å². The summed E-state index contributed by atoms with van der Waals surface area (Å²) in [6.07, 6.45) is 0. The Bertz CT molecular complexity index is 530. The molecule has 5 heteroatoms. The Kier molecular flexibility index (Phi) is 2.13. The van der Waals surface area contributed by atoms with Crippen LogP contribution in [0.3, 0.4) is 0 Å². The molecule has 0 saturated heterocycles. The van der Waals surface area contributed by atoms with Crippen molar-refractivity contribution < 1.29 is 0 Å². The van der Waals surface area contributed by atoms with Crippen LogP contribution in [0.4, 0.5) is 11.4 Å². The Labute approximate surface area is 85.7 Å². The van der Waals surface area contributed by atoms with E-state index in [1.807, 2.05) is 12.1 Å². The highest BCUT2D eigenvalue weighted by Gasteiger charge is 2.01. The molecule has 0 aliphatic carbocycles. The fourth-order valence-electron chi connectivity index (χ4n) is 1.22. The summed E-state index contributed by atoms with van der Waals surface area (Å²) >= 11 is 0. The normalized spacial score (nSPS) is 10.1. The van der Waals surface area contributed by atoms with Gasteiger partial charge in [-0.2, -0.15) is 5.10 Å². The molecule has 0 bridgehead atoms. The molecule has 5 nitrogen and oxygen atoms in total. The molecular weight excluding hydrogens is 192 g/mol. The number of H-pyrrole nitrogens is 1. The van der Waals surface area contributed by atoms with Gasteiger partial charge in [0.2, 0.25) is 0 Å². The quantitative estimate of drug-likeness (QED) is 0.590. The number of nitrogen functional groups attached to an aromatic ring is 2. The van der Waals surface area contributed by atoms with E-state index in [0.29, 0.717) is 11.4 Å². The van der Waals surface area contributed by atoms with E-state index in [4.69, 9.17) is 11.5 Å². The summed E-state index contributed by atoms with van der Waals surface area (Å²) in [5.74, 6) is 0. The van der Waals surface area contributed by atoms with Gasteiger partial charge in [-0.1, -0.05) is 12.1 Å². The molecule has 0 atom stereocenters.